The number of rotatable bonds is 0. The van der Waals surface area contributed by atoms with Gasteiger partial charge in [0.1, 0.15) is 6.23 Å². The van der Waals surface area contributed by atoms with Gasteiger partial charge in [0, 0.05) is 0 Å². The molecule has 1 fully saturated rings. The van der Waals surface area contributed by atoms with E-state index in [-0.39, 0.29) is 5.91 Å². The normalized spacial score (nSPS) is 36.0. The minimum Gasteiger partial charge on any atom is -0.374 e. The summed E-state index contributed by atoms with van der Waals surface area (Å²) in [6.07, 6.45) is 0.456. The van der Waals surface area contributed by atoms with Gasteiger partial charge in [-0.1, -0.05) is 0 Å². The van der Waals surface area contributed by atoms with Crippen LogP contribution in [0.3, 0.4) is 0 Å². The van der Waals surface area contributed by atoms with Gasteiger partial charge in [0.05, 0.1) is 6.04 Å². The van der Waals surface area contributed by atoms with Crippen molar-refractivity contribution in [1.29, 1.82) is 0 Å². The van der Waals surface area contributed by atoms with E-state index in [2.05, 4.69) is 5.32 Å². The maximum Gasteiger partial charge on any atom is 0.238 e. The Balaban J connectivity index is 2.44. The first-order valence-electron chi connectivity index (χ1n) is 2.94. The van der Waals surface area contributed by atoms with Crippen molar-refractivity contribution in [2.75, 3.05) is 0 Å². The van der Waals surface area contributed by atoms with E-state index in [1.54, 1.807) is 0 Å². The Morgan fingerprint density at radius 2 is 2.33 bits per heavy atom. The molecule has 4 nitrogen and oxygen atoms in total. The molecule has 1 amide bonds. The van der Waals surface area contributed by atoms with Crippen molar-refractivity contribution in [3.8, 4) is 0 Å². The minimum atomic E-state index is -0.683. The van der Waals surface area contributed by atoms with E-state index < -0.39 is 12.3 Å². The fraction of sp³-hybridized carbons (Fsp3) is 0.800. The monoisotopic (exact) mass is 130 g/mol. The van der Waals surface area contributed by atoms with Gasteiger partial charge in [-0.05, 0) is 12.8 Å². The zero-order valence-corrected chi connectivity index (χ0v) is 5.00. The van der Waals surface area contributed by atoms with Crippen molar-refractivity contribution in [3.63, 3.8) is 0 Å². The molecule has 1 aliphatic heterocycles. The van der Waals surface area contributed by atoms with Crippen LogP contribution in [0.2, 0.25) is 0 Å². The van der Waals surface area contributed by atoms with Crippen LogP contribution in [-0.2, 0) is 4.79 Å². The minimum absolute atomic E-state index is 0.256. The lowest BCUT2D eigenvalue weighted by Crippen LogP contribution is -2.50. The Morgan fingerprint density at radius 1 is 1.67 bits per heavy atom. The van der Waals surface area contributed by atoms with Crippen molar-refractivity contribution in [2.24, 2.45) is 5.73 Å². The molecule has 2 atom stereocenters. The number of carbonyl (C=O) groups is 1. The predicted octanol–water partition coefficient (Wildman–Crippen LogP) is -1.46. The summed E-state index contributed by atoms with van der Waals surface area (Å²) in [5.74, 6) is -0.256. The van der Waals surface area contributed by atoms with Crippen LogP contribution >= 0.6 is 0 Å². The Hall–Kier alpha value is -0.610. The first kappa shape index (κ1) is 6.51. The molecule has 0 saturated carbocycles. The molecule has 1 aliphatic rings. The molecule has 4 N–H and O–H groups in total. The molecular formula is C5H10N2O2. The van der Waals surface area contributed by atoms with Gasteiger partial charge in [0.2, 0.25) is 5.91 Å². The van der Waals surface area contributed by atoms with Crippen LogP contribution in [0.1, 0.15) is 12.8 Å². The quantitative estimate of drug-likeness (QED) is 0.375. The summed E-state index contributed by atoms with van der Waals surface area (Å²) in [7, 11) is 0. The smallest absolute Gasteiger partial charge is 0.238 e. The van der Waals surface area contributed by atoms with Crippen molar-refractivity contribution in [2.45, 2.75) is 25.1 Å². The van der Waals surface area contributed by atoms with E-state index in [0.29, 0.717) is 12.8 Å². The number of piperidine rings is 1. The van der Waals surface area contributed by atoms with Crippen LogP contribution in [0.4, 0.5) is 0 Å². The highest BCUT2D eigenvalue weighted by Gasteiger charge is 2.22. The molecule has 0 spiro atoms. The first-order chi connectivity index (χ1) is 4.20. The van der Waals surface area contributed by atoms with Crippen LogP contribution in [0.15, 0.2) is 0 Å². The van der Waals surface area contributed by atoms with Crippen molar-refractivity contribution in [1.82, 2.24) is 5.32 Å². The number of hydrogen-bond donors (Lipinski definition) is 3. The average Bonchev–Trinajstić information content (AvgIpc) is 1.80. The molecule has 1 heterocycles. The third kappa shape index (κ3) is 1.40. The van der Waals surface area contributed by atoms with Crippen LogP contribution in [0.5, 0.6) is 0 Å². The van der Waals surface area contributed by atoms with Crippen LogP contribution in [0.25, 0.3) is 0 Å². The van der Waals surface area contributed by atoms with Gasteiger partial charge in [0.25, 0.3) is 0 Å². The van der Waals surface area contributed by atoms with E-state index in [1.807, 2.05) is 0 Å². The molecular weight excluding hydrogens is 120 g/mol. The lowest BCUT2D eigenvalue weighted by molar-refractivity contribution is -0.128. The number of amides is 1. The van der Waals surface area contributed by atoms with Gasteiger partial charge >= 0.3 is 0 Å². The number of aliphatic hydroxyl groups is 1. The Bertz CT molecular complexity index is 126. The van der Waals surface area contributed by atoms with Gasteiger partial charge in [-0.25, -0.2) is 0 Å². The standard InChI is InChI=1S/C5H10N2O2/c6-3-1-2-4(8)7-5(3)9/h3-4,8H,1-2,6H2,(H,7,9). The maximum atomic E-state index is 10.6. The van der Waals surface area contributed by atoms with Crippen LogP contribution in [0, 0.1) is 0 Å². The Labute approximate surface area is 53.0 Å². The molecule has 0 aliphatic carbocycles. The van der Waals surface area contributed by atoms with Crippen LogP contribution in [-0.4, -0.2) is 23.3 Å². The number of nitrogens with two attached hydrogens (primary N) is 1. The third-order valence-corrected chi connectivity index (χ3v) is 1.40. The lowest BCUT2D eigenvalue weighted by atomic mass is 10.1. The average molecular weight is 130 g/mol. The fourth-order valence-corrected chi connectivity index (χ4v) is 0.812. The highest BCUT2D eigenvalue weighted by Crippen LogP contribution is 2.03. The second kappa shape index (κ2) is 2.33. The summed E-state index contributed by atoms with van der Waals surface area (Å²) < 4.78 is 0. The summed E-state index contributed by atoms with van der Waals surface area (Å²) in [6.45, 7) is 0. The summed E-state index contributed by atoms with van der Waals surface area (Å²) in [6, 6.07) is -0.423. The molecule has 0 aromatic rings. The molecule has 0 bridgehead atoms. The van der Waals surface area contributed by atoms with Crippen molar-refractivity contribution >= 4 is 5.91 Å². The number of aliphatic hydroxyl groups excluding tert-OH is 1. The van der Waals surface area contributed by atoms with E-state index in [1.165, 1.54) is 0 Å². The molecule has 52 valence electrons. The van der Waals surface area contributed by atoms with Gasteiger partial charge < -0.3 is 16.2 Å². The molecule has 0 aromatic heterocycles. The Morgan fingerprint density at radius 3 is 2.78 bits per heavy atom. The number of carbonyl (C=O) groups excluding carboxylic acids is 1. The SMILES string of the molecule is NC1CCC(O)NC1=O. The Kier molecular flexibility index (Phi) is 1.68. The van der Waals surface area contributed by atoms with Crippen molar-refractivity contribution < 1.29 is 9.90 Å². The van der Waals surface area contributed by atoms with E-state index in [0.717, 1.165) is 0 Å². The molecule has 2 unspecified atom stereocenters. The van der Waals surface area contributed by atoms with Gasteiger partial charge in [-0.3, -0.25) is 4.79 Å². The number of nitrogens with one attached hydrogen (secondary N) is 1. The molecule has 0 aromatic carbocycles. The van der Waals surface area contributed by atoms with Gasteiger partial charge in [-0.15, -0.1) is 0 Å². The molecule has 4 heteroatoms. The summed E-state index contributed by atoms with van der Waals surface area (Å²) >= 11 is 0. The van der Waals surface area contributed by atoms with Crippen molar-refractivity contribution in [3.05, 3.63) is 0 Å². The highest BCUT2D eigenvalue weighted by atomic mass is 16.3. The summed E-state index contributed by atoms with van der Waals surface area (Å²) in [5, 5.41) is 11.1. The van der Waals surface area contributed by atoms with Gasteiger partial charge in [-0.2, -0.15) is 0 Å². The second-order valence-corrected chi connectivity index (χ2v) is 2.21. The lowest BCUT2D eigenvalue weighted by Gasteiger charge is -2.22. The molecule has 9 heavy (non-hydrogen) atoms. The zero-order valence-electron chi connectivity index (χ0n) is 5.00. The van der Waals surface area contributed by atoms with E-state index in [9.17, 15) is 4.79 Å². The zero-order chi connectivity index (χ0) is 6.85. The van der Waals surface area contributed by atoms with Crippen LogP contribution < -0.4 is 11.1 Å². The number of hydrogen-bond acceptors (Lipinski definition) is 3. The van der Waals surface area contributed by atoms with Gasteiger partial charge in [0.15, 0.2) is 0 Å². The van der Waals surface area contributed by atoms with E-state index >= 15 is 0 Å². The first-order valence-corrected chi connectivity index (χ1v) is 2.94. The highest BCUT2D eigenvalue weighted by molar-refractivity contribution is 5.82. The third-order valence-electron chi connectivity index (χ3n) is 1.40. The fourth-order valence-electron chi connectivity index (χ4n) is 0.812. The topological polar surface area (TPSA) is 75.3 Å². The second-order valence-electron chi connectivity index (χ2n) is 2.21. The van der Waals surface area contributed by atoms with E-state index in [4.69, 9.17) is 10.8 Å². The molecule has 0 radical (unpaired) electrons. The molecule has 1 rings (SSSR count). The largest absolute Gasteiger partial charge is 0.374 e. The summed E-state index contributed by atoms with van der Waals surface area (Å²) in [4.78, 5) is 10.6. The molecule has 1 saturated heterocycles. The maximum absolute atomic E-state index is 10.6. The summed E-state index contributed by atoms with van der Waals surface area (Å²) in [5.41, 5.74) is 5.32. The predicted molar refractivity (Wildman–Crippen MR) is 31.4 cm³/mol.